The van der Waals surface area contributed by atoms with Gasteiger partial charge in [0.15, 0.2) is 5.88 Å². The van der Waals surface area contributed by atoms with Crippen molar-refractivity contribution in [1.82, 2.24) is 9.97 Å². The molecule has 4 aromatic rings. The van der Waals surface area contributed by atoms with Crippen LogP contribution in [-0.2, 0) is 0 Å². The number of fused-ring (bicyclic) bond motifs is 2. The normalized spacial score (nSPS) is 13.7. The molecular weight excluding hydrogens is 348 g/mol. The molecule has 2 aromatic heterocycles. The van der Waals surface area contributed by atoms with Gasteiger partial charge in [-0.15, -0.1) is 10.2 Å². The monoisotopic (exact) mass is 364 g/mol. The van der Waals surface area contributed by atoms with Crippen molar-refractivity contribution >= 4 is 34.4 Å². The number of nitrogens with zero attached hydrogens (tertiary/aromatic N) is 3. The van der Waals surface area contributed by atoms with Crippen molar-refractivity contribution in [2.45, 2.75) is 0 Å². The molecule has 0 radical (unpaired) electrons. The molecule has 0 unspecified atom stereocenters. The lowest BCUT2D eigenvalue weighted by molar-refractivity contribution is 0.457. The fourth-order valence-electron chi connectivity index (χ4n) is 3.33. The van der Waals surface area contributed by atoms with Crippen LogP contribution >= 0.6 is 0 Å². The highest BCUT2D eigenvalue weighted by molar-refractivity contribution is 5.91. The molecule has 3 heterocycles. The average molecular weight is 364 g/mol. The van der Waals surface area contributed by atoms with Gasteiger partial charge in [-0.1, -0.05) is 30.3 Å². The van der Waals surface area contributed by atoms with Crippen LogP contribution in [0, 0.1) is 0 Å². The first kappa shape index (κ1) is 16.2. The van der Waals surface area contributed by atoms with Gasteiger partial charge in [0, 0.05) is 34.1 Å². The lowest BCUT2D eigenvalue weighted by Crippen LogP contribution is -2.08. The van der Waals surface area contributed by atoms with Gasteiger partial charge in [-0.2, -0.15) is 0 Å². The molecule has 0 spiro atoms. The maximum Gasteiger partial charge on any atom is 0.196 e. The molecule has 0 atom stereocenters. The Morgan fingerprint density at radius 1 is 0.893 bits per heavy atom. The molecule has 0 bridgehead atoms. The summed E-state index contributed by atoms with van der Waals surface area (Å²) in [6, 6.07) is 17.7. The lowest BCUT2D eigenvalue weighted by Gasteiger charge is -1.95. The predicted octanol–water partition coefficient (Wildman–Crippen LogP) is 4.02. The summed E-state index contributed by atoms with van der Waals surface area (Å²) in [6.45, 7) is 0. The van der Waals surface area contributed by atoms with Crippen LogP contribution in [0.4, 0.5) is 5.69 Å². The van der Waals surface area contributed by atoms with Crippen molar-refractivity contribution in [3.63, 3.8) is 0 Å². The summed E-state index contributed by atoms with van der Waals surface area (Å²) < 4.78 is 0. The number of para-hydroxylation sites is 1. The number of hydrogen-bond acceptors (Lipinski definition) is 4. The van der Waals surface area contributed by atoms with E-state index < -0.39 is 0 Å². The summed E-state index contributed by atoms with van der Waals surface area (Å²) in [5.41, 5.74) is 4.39. The number of H-pyrrole nitrogens is 1. The molecule has 0 aliphatic carbocycles. The molecule has 5 nitrogen and oxygen atoms in total. The number of aromatic amines is 1. The second-order valence-corrected chi connectivity index (χ2v) is 6.55. The van der Waals surface area contributed by atoms with E-state index >= 15 is 0 Å². The van der Waals surface area contributed by atoms with Crippen molar-refractivity contribution in [1.29, 1.82) is 0 Å². The third kappa shape index (κ3) is 2.89. The van der Waals surface area contributed by atoms with Gasteiger partial charge in [0.1, 0.15) is 0 Å². The number of nitrogens with one attached hydrogen (secondary N) is 1. The van der Waals surface area contributed by atoms with Crippen molar-refractivity contribution in [2.75, 3.05) is 0 Å². The van der Waals surface area contributed by atoms with E-state index in [4.69, 9.17) is 0 Å². The van der Waals surface area contributed by atoms with Crippen LogP contribution in [0.25, 0.3) is 28.8 Å². The summed E-state index contributed by atoms with van der Waals surface area (Å²) in [4.78, 5) is 7.02. The molecule has 134 valence electrons. The Kier molecular flexibility index (Phi) is 3.84. The first-order valence-electron chi connectivity index (χ1n) is 8.93. The highest BCUT2D eigenvalue weighted by Gasteiger charge is 2.09. The van der Waals surface area contributed by atoms with Gasteiger partial charge >= 0.3 is 0 Å². The molecule has 0 fully saturated rings. The fourth-order valence-corrected chi connectivity index (χ4v) is 3.33. The van der Waals surface area contributed by atoms with E-state index in [0.29, 0.717) is 0 Å². The van der Waals surface area contributed by atoms with Crippen LogP contribution < -0.4 is 10.4 Å². The number of benzene rings is 2. The highest BCUT2D eigenvalue weighted by Crippen LogP contribution is 2.27. The third-order valence-corrected chi connectivity index (χ3v) is 4.74. The largest absolute Gasteiger partial charge is 0.494 e. The zero-order valence-corrected chi connectivity index (χ0v) is 14.9. The van der Waals surface area contributed by atoms with Crippen LogP contribution in [0.3, 0.4) is 0 Å². The van der Waals surface area contributed by atoms with Crippen LogP contribution in [0.5, 0.6) is 5.88 Å². The van der Waals surface area contributed by atoms with Crippen molar-refractivity contribution in [2.24, 2.45) is 10.2 Å². The second kappa shape index (κ2) is 6.63. The van der Waals surface area contributed by atoms with E-state index in [2.05, 4.69) is 20.2 Å². The van der Waals surface area contributed by atoms with E-state index in [0.717, 1.165) is 43.9 Å². The van der Waals surface area contributed by atoms with Crippen molar-refractivity contribution < 1.29 is 5.11 Å². The van der Waals surface area contributed by atoms with Gasteiger partial charge in [-0.05, 0) is 53.3 Å². The van der Waals surface area contributed by atoms with Crippen LogP contribution in [0.1, 0.15) is 11.1 Å². The second-order valence-electron chi connectivity index (χ2n) is 6.55. The molecule has 0 saturated heterocycles. The van der Waals surface area contributed by atoms with Gasteiger partial charge in [0.25, 0.3) is 0 Å². The summed E-state index contributed by atoms with van der Waals surface area (Å²) in [6.07, 6.45) is 9.43. The summed E-state index contributed by atoms with van der Waals surface area (Å²) in [5.74, 6) is 0.163. The Morgan fingerprint density at radius 3 is 2.64 bits per heavy atom. The van der Waals surface area contributed by atoms with E-state index in [-0.39, 0.29) is 5.88 Å². The molecule has 5 heteroatoms. The Hall–Kier alpha value is -3.99. The molecule has 2 N–H and O–H groups in total. The maximum absolute atomic E-state index is 10.3. The van der Waals surface area contributed by atoms with E-state index in [1.165, 1.54) is 0 Å². The standard InChI is InChI=1S/C23H16N4O/c28-23-19(17-3-1-2-4-20(17)25-23)13-16-5-7-18-21(26-27-22(18)14-16)8-6-15-9-11-24-12-10-15/h1-14,25,28H/b8-6+,16-13-. The van der Waals surface area contributed by atoms with Crippen molar-refractivity contribution in [3.05, 3.63) is 94.6 Å². The predicted molar refractivity (Wildman–Crippen MR) is 110 cm³/mol. The Balaban J connectivity index is 1.56. The summed E-state index contributed by atoms with van der Waals surface area (Å²) >= 11 is 0. The number of aromatic hydroxyl groups is 1. The van der Waals surface area contributed by atoms with E-state index in [1.54, 1.807) is 12.4 Å². The van der Waals surface area contributed by atoms with Gasteiger partial charge in [0.05, 0.1) is 11.4 Å². The molecule has 1 aliphatic heterocycles. The minimum Gasteiger partial charge on any atom is -0.494 e. The molecule has 2 aromatic carbocycles. The maximum atomic E-state index is 10.3. The molecule has 0 amide bonds. The quantitative estimate of drug-likeness (QED) is 0.576. The summed E-state index contributed by atoms with van der Waals surface area (Å²) in [7, 11) is 0. The van der Waals surface area contributed by atoms with Gasteiger partial charge in [-0.25, -0.2) is 0 Å². The Bertz CT molecular complexity index is 1370. The van der Waals surface area contributed by atoms with Gasteiger partial charge in [0.2, 0.25) is 0 Å². The Morgan fingerprint density at radius 2 is 1.75 bits per heavy atom. The van der Waals surface area contributed by atoms with E-state index in [1.807, 2.05) is 72.8 Å². The number of azo groups is 1. The smallest absolute Gasteiger partial charge is 0.196 e. The van der Waals surface area contributed by atoms with Crippen LogP contribution in [0.2, 0.25) is 0 Å². The highest BCUT2D eigenvalue weighted by atomic mass is 16.3. The van der Waals surface area contributed by atoms with Crippen LogP contribution in [0.15, 0.2) is 83.3 Å². The number of hydrogen-bond donors (Lipinski definition) is 2. The van der Waals surface area contributed by atoms with Crippen molar-refractivity contribution in [3.8, 4) is 5.88 Å². The molecule has 5 rings (SSSR count). The number of pyridine rings is 1. The number of aromatic nitrogens is 2. The average Bonchev–Trinajstić information content (AvgIpc) is 3.28. The van der Waals surface area contributed by atoms with Crippen LogP contribution in [-0.4, -0.2) is 15.1 Å². The first-order chi connectivity index (χ1) is 13.8. The first-order valence-corrected chi connectivity index (χ1v) is 8.93. The molecule has 0 saturated carbocycles. The Labute approximate surface area is 160 Å². The minimum atomic E-state index is 0.163. The van der Waals surface area contributed by atoms with E-state index in [9.17, 15) is 5.11 Å². The SMILES string of the molecule is Oc1[nH]c2ccccc2c1/C=c1/ccc2c(c1)N=NC=2/C=C/c1ccncc1. The fraction of sp³-hybridized carbons (Fsp3) is 0. The zero-order valence-electron chi connectivity index (χ0n) is 14.9. The van der Waals surface area contributed by atoms with Gasteiger partial charge < -0.3 is 10.1 Å². The van der Waals surface area contributed by atoms with Gasteiger partial charge in [-0.3, -0.25) is 4.98 Å². The lowest BCUT2D eigenvalue weighted by atomic mass is 10.1. The molecular formula is C23H16N4O. The third-order valence-electron chi connectivity index (χ3n) is 4.74. The topological polar surface area (TPSA) is 73.6 Å². The molecule has 28 heavy (non-hydrogen) atoms. The zero-order chi connectivity index (χ0) is 18.9. The summed E-state index contributed by atoms with van der Waals surface area (Å²) in [5, 5.41) is 21.8. The minimum absolute atomic E-state index is 0.163. The molecule has 1 aliphatic rings. The number of rotatable bonds is 3.